The fraction of sp³-hybridized carbons (Fsp3) is 0.250. The molecular formula is C16H19N. The molecule has 0 aromatic heterocycles. The van der Waals surface area contributed by atoms with Gasteiger partial charge in [0.25, 0.3) is 0 Å². The second-order valence-electron chi connectivity index (χ2n) is 4.77. The lowest BCUT2D eigenvalue weighted by Gasteiger charge is -2.13. The van der Waals surface area contributed by atoms with E-state index in [0.717, 1.165) is 5.69 Å². The van der Waals surface area contributed by atoms with E-state index in [0.29, 0.717) is 0 Å². The van der Waals surface area contributed by atoms with E-state index in [1.54, 1.807) is 0 Å². The molecule has 0 amide bonds. The van der Waals surface area contributed by atoms with Gasteiger partial charge in [0.15, 0.2) is 0 Å². The molecule has 2 aromatic rings. The molecule has 0 saturated carbocycles. The van der Waals surface area contributed by atoms with Gasteiger partial charge in [0.2, 0.25) is 0 Å². The van der Waals surface area contributed by atoms with Crippen molar-refractivity contribution in [1.82, 2.24) is 0 Å². The van der Waals surface area contributed by atoms with E-state index < -0.39 is 0 Å². The summed E-state index contributed by atoms with van der Waals surface area (Å²) in [5.41, 5.74) is 14.5. The molecule has 0 atom stereocenters. The first-order valence-electron chi connectivity index (χ1n) is 5.94. The summed E-state index contributed by atoms with van der Waals surface area (Å²) in [6.45, 7) is 8.54. The van der Waals surface area contributed by atoms with Crippen LogP contribution in [-0.2, 0) is 0 Å². The summed E-state index contributed by atoms with van der Waals surface area (Å²) in [7, 11) is 0. The minimum atomic E-state index is 0.861. The van der Waals surface area contributed by atoms with Gasteiger partial charge in [-0.15, -0.1) is 0 Å². The number of nitrogen functional groups attached to an aromatic ring is 1. The molecule has 2 N–H and O–H groups in total. The van der Waals surface area contributed by atoms with Crippen LogP contribution in [0.15, 0.2) is 30.3 Å². The van der Waals surface area contributed by atoms with Crippen molar-refractivity contribution < 1.29 is 0 Å². The number of anilines is 1. The molecule has 0 bridgehead atoms. The molecule has 0 aliphatic carbocycles. The molecule has 88 valence electrons. The van der Waals surface area contributed by atoms with Crippen LogP contribution in [0.4, 0.5) is 5.69 Å². The average molecular weight is 225 g/mol. The van der Waals surface area contributed by atoms with Crippen molar-refractivity contribution in [3.8, 4) is 11.1 Å². The van der Waals surface area contributed by atoms with Gasteiger partial charge in [-0.2, -0.15) is 0 Å². The van der Waals surface area contributed by atoms with E-state index in [9.17, 15) is 0 Å². The molecule has 0 heterocycles. The van der Waals surface area contributed by atoms with Gasteiger partial charge >= 0.3 is 0 Å². The summed E-state index contributed by atoms with van der Waals surface area (Å²) >= 11 is 0. The molecule has 0 saturated heterocycles. The van der Waals surface area contributed by atoms with E-state index in [2.05, 4.69) is 45.9 Å². The van der Waals surface area contributed by atoms with Gasteiger partial charge in [-0.3, -0.25) is 0 Å². The Kier molecular flexibility index (Phi) is 2.93. The largest absolute Gasteiger partial charge is 0.398 e. The monoisotopic (exact) mass is 225 g/mol. The van der Waals surface area contributed by atoms with Gasteiger partial charge in [0.1, 0.15) is 0 Å². The fourth-order valence-corrected chi connectivity index (χ4v) is 2.20. The molecule has 0 aliphatic rings. The molecule has 0 fully saturated rings. The van der Waals surface area contributed by atoms with Crippen molar-refractivity contribution in [2.24, 2.45) is 0 Å². The predicted octanol–water partition coefficient (Wildman–Crippen LogP) is 4.17. The Bertz CT molecular complexity index is 568. The Morgan fingerprint density at radius 1 is 0.765 bits per heavy atom. The number of rotatable bonds is 1. The van der Waals surface area contributed by atoms with Crippen LogP contribution in [0.2, 0.25) is 0 Å². The van der Waals surface area contributed by atoms with Gasteiger partial charge < -0.3 is 5.73 Å². The summed E-state index contributed by atoms with van der Waals surface area (Å²) in [6.07, 6.45) is 0. The van der Waals surface area contributed by atoms with E-state index in [1.165, 1.54) is 33.4 Å². The quantitative estimate of drug-likeness (QED) is 0.724. The van der Waals surface area contributed by atoms with Crippen molar-refractivity contribution in [1.29, 1.82) is 0 Å². The molecule has 2 aromatic carbocycles. The van der Waals surface area contributed by atoms with Crippen molar-refractivity contribution in [3.05, 3.63) is 52.6 Å². The summed E-state index contributed by atoms with van der Waals surface area (Å²) in [6, 6.07) is 10.6. The van der Waals surface area contributed by atoms with E-state index in [4.69, 9.17) is 5.73 Å². The zero-order valence-electron chi connectivity index (χ0n) is 11.0. The van der Waals surface area contributed by atoms with Gasteiger partial charge in [-0.25, -0.2) is 0 Å². The third-order valence-electron chi connectivity index (χ3n) is 3.51. The van der Waals surface area contributed by atoms with Gasteiger partial charge in [-0.1, -0.05) is 24.3 Å². The average Bonchev–Trinajstić information content (AvgIpc) is 2.28. The number of nitrogens with two attached hydrogens (primary N) is 1. The Balaban J connectivity index is 2.69. The summed E-state index contributed by atoms with van der Waals surface area (Å²) < 4.78 is 0. The molecule has 0 radical (unpaired) electrons. The third-order valence-corrected chi connectivity index (χ3v) is 3.51. The summed E-state index contributed by atoms with van der Waals surface area (Å²) in [4.78, 5) is 0. The van der Waals surface area contributed by atoms with Crippen molar-refractivity contribution in [2.45, 2.75) is 27.7 Å². The predicted molar refractivity (Wildman–Crippen MR) is 75.2 cm³/mol. The maximum atomic E-state index is 5.98. The lowest BCUT2D eigenvalue weighted by atomic mass is 9.92. The molecule has 0 aliphatic heterocycles. The maximum Gasteiger partial charge on any atom is 0.0349 e. The summed E-state index contributed by atoms with van der Waals surface area (Å²) in [5.74, 6) is 0. The Morgan fingerprint density at radius 3 is 2.12 bits per heavy atom. The number of hydrogen-bond acceptors (Lipinski definition) is 1. The second-order valence-corrected chi connectivity index (χ2v) is 4.77. The highest BCUT2D eigenvalue weighted by molar-refractivity contribution is 5.75. The first kappa shape index (κ1) is 11.7. The molecule has 0 spiro atoms. The van der Waals surface area contributed by atoms with Crippen LogP contribution in [-0.4, -0.2) is 0 Å². The number of benzene rings is 2. The topological polar surface area (TPSA) is 26.0 Å². The SMILES string of the molecule is Cc1cc(C)c(-c2cccc(N)c2C)cc1C. The Morgan fingerprint density at radius 2 is 1.41 bits per heavy atom. The van der Waals surface area contributed by atoms with E-state index in [1.807, 2.05) is 12.1 Å². The molecule has 2 rings (SSSR count). The minimum absolute atomic E-state index is 0.861. The van der Waals surface area contributed by atoms with Gasteiger partial charge in [0.05, 0.1) is 0 Å². The van der Waals surface area contributed by atoms with Crippen LogP contribution in [0, 0.1) is 27.7 Å². The normalized spacial score (nSPS) is 10.6. The molecule has 17 heavy (non-hydrogen) atoms. The maximum absolute atomic E-state index is 5.98. The van der Waals surface area contributed by atoms with Crippen LogP contribution in [0.25, 0.3) is 11.1 Å². The zero-order chi connectivity index (χ0) is 12.6. The Labute approximate surface area is 103 Å². The lowest BCUT2D eigenvalue weighted by molar-refractivity contribution is 1.29. The molecular weight excluding hydrogens is 206 g/mol. The smallest absolute Gasteiger partial charge is 0.0349 e. The van der Waals surface area contributed by atoms with Gasteiger partial charge in [-0.05, 0) is 67.1 Å². The standard InChI is InChI=1S/C16H19N/c1-10-8-12(3)15(9-11(10)2)14-6-5-7-16(17)13(14)4/h5-9H,17H2,1-4H3. The molecule has 1 nitrogen and oxygen atoms in total. The highest BCUT2D eigenvalue weighted by Gasteiger charge is 2.08. The van der Waals surface area contributed by atoms with Crippen LogP contribution < -0.4 is 5.73 Å². The van der Waals surface area contributed by atoms with Crippen LogP contribution in [0.3, 0.4) is 0 Å². The van der Waals surface area contributed by atoms with Crippen molar-refractivity contribution in [3.63, 3.8) is 0 Å². The number of aryl methyl sites for hydroxylation is 3. The first-order valence-corrected chi connectivity index (χ1v) is 5.94. The fourth-order valence-electron chi connectivity index (χ4n) is 2.20. The van der Waals surface area contributed by atoms with Gasteiger partial charge in [0, 0.05) is 5.69 Å². The van der Waals surface area contributed by atoms with Crippen LogP contribution in [0.5, 0.6) is 0 Å². The van der Waals surface area contributed by atoms with E-state index >= 15 is 0 Å². The first-order chi connectivity index (χ1) is 8.00. The summed E-state index contributed by atoms with van der Waals surface area (Å²) in [5, 5.41) is 0. The highest BCUT2D eigenvalue weighted by atomic mass is 14.6. The van der Waals surface area contributed by atoms with Crippen LogP contribution in [0.1, 0.15) is 22.3 Å². The molecule has 1 heteroatoms. The van der Waals surface area contributed by atoms with Crippen molar-refractivity contribution in [2.75, 3.05) is 5.73 Å². The second kappa shape index (κ2) is 4.25. The van der Waals surface area contributed by atoms with Crippen molar-refractivity contribution >= 4 is 5.69 Å². The molecule has 0 unspecified atom stereocenters. The Hall–Kier alpha value is -1.76. The zero-order valence-corrected chi connectivity index (χ0v) is 11.0. The number of hydrogen-bond donors (Lipinski definition) is 1. The lowest BCUT2D eigenvalue weighted by Crippen LogP contribution is -1.94. The van der Waals surface area contributed by atoms with E-state index in [-0.39, 0.29) is 0 Å². The highest BCUT2D eigenvalue weighted by Crippen LogP contribution is 2.31. The minimum Gasteiger partial charge on any atom is -0.398 e. The third kappa shape index (κ3) is 2.05. The van der Waals surface area contributed by atoms with Crippen LogP contribution >= 0.6 is 0 Å².